The number of amides is 1. The zero-order valence-electron chi connectivity index (χ0n) is 13.5. The van der Waals surface area contributed by atoms with E-state index < -0.39 is 6.10 Å². The van der Waals surface area contributed by atoms with E-state index in [-0.39, 0.29) is 17.9 Å². The SMILES string of the molecule is C=C[C@H](CC(C)C)C(=O)N(C)[C@@H](C)[C@@H](O)c1ccccc1. The van der Waals surface area contributed by atoms with Crippen LogP contribution in [0.25, 0.3) is 0 Å². The van der Waals surface area contributed by atoms with Gasteiger partial charge in [0.1, 0.15) is 0 Å². The monoisotopic (exact) mass is 289 g/mol. The van der Waals surface area contributed by atoms with Crippen molar-refractivity contribution in [3.05, 3.63) is 48.6 Å². The van der Waals surface area contributed by atoms with Crippen molar-refractivity contribution < 1.29 is 9.90 Å². The van der Waals surface area contributed by atoms with Crippen molar-refractivity contribution in [2.24, 2.45) is 11.8 Å². The van der Waals surface area contributed by atoms with Gasteiger partial charge < -0.3 is 10.0 Å². The van der Waals surface area contributed by atoms with Gasteiger partial charge in [-0.15, -0.1) is 6.58 Å². The molecule has 21 heavy (non-hydrogen) atoms. The Labute approximate surface area is 128 Å². The lowest BCUT2D eigenvalue weighted by molar-refractivity contribution is -0.137. The van der Waals surface area contributed by atoms with Crippen LogP contribution in [0.1, 0.15) is 38.9 Å². The third-order valence-corrected chi connectivity index (χ3v) is 3.88. The standard InChI is InChI=1S/C18H27NO2/c1-6-15(12-13(2)3)18(21)19(5)14(4)17(20)16-10-8-7-9-11-16/h6-11,13-15,17,20H,1,12H2,2-5H3/t14-,15+,17+/m0/s1. The van der Waals surface area contributed by atoms with Crippen LogP contribution in [-0.4, -0.2) is 29.0 Å². The second-order valence-electron chi connectivity index (χ2n) is 6.02. The first-order chi connectivity index (χ1) is 9.88. The second kappa shape index (κ2) is 7.99. The molecule has 0 aliphatic heterocycles. The zero-order chi connectivity index (χ0) is 16.0. The number of hydrogen-bond donors (Lipinski definition) is 1. The summed E-state index contributed by atoms with van der Waals surface area (Å²) in [5, 5.41) is 10.4. The van der Waals surface area contributed by atoms with E-state index in [0.29, 0.717) is 5.92 Å². The fraction of sp³-hybridized carbons (Fsp3) is 0.500. The predicted molar refractivity (Wildman–Crippen MR) is 86.8 cm³/mol. The molecule has 0 aliphatic carbocycles. The maximum atomic E-state index is 12.5. The number of aliphatic hydroxyl groups excluding tert-OH is 1. The summed E-state index contributed by atoms with van der Waals surface area (Å²) in [7, 11) is 1.75. The lowest BCUT2D eigenvalue weighted by Crippen LogP contribution is -2.42. The summed E-state index contributed by atoms with van der Waals surface area (Å²) in [6.07, 6.45) is 1.80. The van der Waals surface area contributed by atoms with Crippen molar-refractivity contribution in [3.8, 4) is 0 Å². The highest BCUT2D eigenvalue weighted by molar-refractivity contribution is 5.80. The molecule has 0 bridgehead atoms. The molecule has 1 N–H and O–H groups in total. The number of aliphatic hydroxyl groups is 1. The van der Waals surface area contributed by atoms with Gasteiger partial charge >= 0.3 is 0 Å². The molecule has 1 amide bonds. The van der Waals surface area contributed by atoms with E-state index in [4.69, 9.17) is 0 Å². The molecular weight excluding hydrogens is 262 g/mol. The third kappa shape index (κ3) is 4.71. The van der Waals surface area contributed by atoms with E-state index in [1.807, 2.05) is 37.3 Å². The minimum Gasteiger partial charge on any atom is -0.386 e. The van der Waals surface area contributed by atoms with Crippen LogP contribution < -0.4 is 0 Å². The molecule has 0 heterocycles. The summed E-state index contributed by atoms with van der Waals surface area (Å²) in [5.74, 6) is 0.251. The summed E-state index contributed by atoms with van der Waals surface area (Å²) in [5.41, 5.74) is 0.823. The normalized spacial score (nSPS) is 15.3. The Bertz CT molecular complexity index is 456. The van der Waals surface area contributed by atoms with Gasteiger partial charge in [0.25, 0.3) is 0 Å². The maximum absolute atomic E-state index is 12.5. The Morgan fingerprint density at radius 1 is 1.29 bits per heavy atom. The van der Waals surface area contributed by atoms with Crippen LogP contribution in [0, 0.1) is 11.8 Å². The van der Waals surface area contributed by atoms with Crippen molar-refractivity contribution in [2.45, 2.75) is 39.3 Å². The van der Waals surface area contributed by atoms with Gasteiger partial charge in [0.05, 0.1) is 18.1 Å². The van der Waals surface area contributed by atoms with Crippen LogP contribution in [0.5, 0.6) is 0 Å². The quantitative estimate of drug-likeness (QED) is 0.781. The van der Waals surface area contributed by atoms with E-state index in [1.54, 1.807) is 18.0 Å². The first-order valence-corrected chi connectivity index (χ1v) is 7.50. The number of benzene rings is 1. The fourth-order valence-electron chi connectivity index (χ4n) is 2.41. The molecule has 0 radical (unpaired) electrons. The molecule has 1 aromatic rings. The highest BCUT2D eigenvalue weighted by Crippen LogP contribution is 2.23. The molecule has 0 aromatic heterocycles. The Kier molecular flexibility index (Phi) is 6.63. The van der Waals surface area contributed by atoms with Gasteiger partial charge in [0.15, 0.2) is 0 Å². The van der Waals surface area contributed by atoms with E-state index in [9.17, 15) is 9.90 Å². The first kappa shape index (κ1) is 17.4. The molecule has 3 nitrogen and oxygen atoms in total. The number of carbonyl (C=O) groups is 1. The number of nitrogens with zero attached hydrogens (tertiary/aromatic N) is 1. The van der Waals surface area contributed by atoms with E-state index in [2.05, 4.69) is 20.4 Å². The van der Waals surface area contributed by atoms with Crippen molar-refractivity contribution >= 4 is 5.91 Å². The minimum absolute atomic E-state index is 0.0150. The van der Waals surface area contributed by atoms with Crippen molar-refractivity contribution in [3.63, 3.8) is 0 Å². The van der Waals surface area contributed by atoms with Gasteiger partial charge in [-0.1, -0.05) is 50.3 Å². The molecule has 1 aromatic carbocycles. The highest BCUT2D eigenvalue weighted by Gasteiger charge is 2.27. The van der Waals surface area contributed by atoms with Crippen molar-refractivity contribution in [1.29, 1.82) is 0 Å². The minimum atomic E-state index is -0.690. The summed E-state index contributed by atoms with van der Waals surface area (Å²) in [4.78, 5) is 14.2. The largest absolute Gasteiger partial charge is 0.386 e. The average molecular weight is 289 g/mol. The molecule has 0 aliphatic rings. The van der Waals surface area contributed by atoms with Crippen LogP contribution in [0.4, 0.5) is 0 Å². The summed E-state index contributed by atoms with van der Waals surface area (Å²) in [6, 6.07) is 9.15. The first-order valence-electron chi connectivity index (χ1n) is 7.50. The van der Waals surface area contributed by atoms with Gasteiger partial charge in [0.2, 0.25) is 5.91 Å². The summed E-state index contributed by atoms with van der Waals surface area (Å²) in [6.45, 7) is 9.81. The van der Waals surface area contributed by atoms with Gasteiger partial charge in [-0.05, 0) is 24.8 Å². The van der Waals surface area contributed by atoms with Gasteiger partial charge in [-0.3, -0.25) is 4.79 Å². The molecule has 0 saturated heterocycles. The highest BCUT2D eigenvalue weighted by atomic mass is 16.3. The fourth-order valence-corrected chi connectivity index (χ4v) is 2.41. The number of hydrogen-bond acceptors (Lipinski definition) is 2. The van der Waals surface area contributed by atoms with E-state index in [0.717, 1.165) is 12.0 Å². The van der Waals surface area contributed by atoms with Crippen molar-refractivity contribution in [1.82, 2.24) is 4.90 Å². The van der Waals surface area contributed by atoms with Crippen LogP contribution in [0.15, 0.2) is 43.0 Å². The van der Waals surface area contributed by atoms with Crippen LogP contribution in [0.3, 0.4) is 0 Å². The molecule has 0 saturated carbocycles. The van der Waals surface area contributed by atoms with Crippen LogP contribution in [0.2, 0.25) is 0 Å². The van der Waals surface area contributed by atoms with Crippen molar-refractivity contribution in [2.75, 3.05) is 7.05 Å². The topological polar surface area (TPSA) is 40.5 Å². The second-order valence-corrected chi connectivity index (χ2v) is 6.02. The Hall–Kier alpha value is -1.61. The Balaban J connectivity index is 2.79. The molecule has 3 atom stereocenters. The molecular formula is C18H27NO2. The van der Waals surface area contributed by atoms with Gasteiger partial charge in [0, 0.05) is 7.05 Å². The summed E-state index contributed by atoms with van der Waals surface area (Å²) >= 11 is 0. The lowest BCUT2D eigenvalue weighted by atomic mass is 9.94. The van der Waals surface area contributed by atoms with Crippen LogP contribution >= 0.6 is 0 Å². The molecule has 1 rings (SSSR count). The Morgan fingerprint density at radius 3 is 2.33 bits per heavy atom. The third-order valence-electron chi connectivity index (χ3n) is 3.88. The van der Waals surface area contributed by atoms with E-state index >= 15 is 0 Å². The van der Waals surface area contributed by atoms with Gasteiger partial charge in [-0.25, -0.2) is 0 Å². The van der Waals surface area contributed by atoms with Crippen LogP contribution in [-0.2, 0) is 4.79 Å². The zero-order valence-corrected chi connectivity index (χ0v) is 13.5. The lowest BCUT2D eigenvalue weighted by Gasteiger charge is -2.31. The predicted octanol–water partition coefficient (Wildman–Crippen LogP) is 3.42. The molecule has 0 spiro atoms. The molecule has 3 heteroatoms. The summed E-state index contributed by atoms with van der Waals surface area (Å²) < 4.78 is 0. The molecule has 116 valence electrons. The molecule has 0 unspecified atom stereocenters. The number of carbonyl (C=O) groups excluding carboxylic acids is 1. The maximum Gasteiger partial charge on any atom is 0.229 e. The smallest absolute Gasteiger partial charge is 0.229 e. The number of rotatable bonds is 7. The van der Waals surface area contributed by atoms with E-state index in [1.165, 1.54) is 0 Å². The molecule has 0 fully saturated rings. The number of likely N-dealkylation sites (N-methyl/N-ethyl adjacent to an activating group) is 1. The van der Waals surface area contributed by atoms with Gasteiger partial charge in [-0.2, -0.15) is 0 Å². The Morgan fingerprint density at radius 2 is 1.86 bits per heavy atom. The average Bonchev–Trinajstić information content (AvgIpc) is 2.50.